The van der Waals surface area contributed by atoms with Crippen LogP contribution in [-0.4, -0.2) is 35.5 Å². The van der Waals surface area contributed by atoms with E-state index in [1.165, 1.54) is 25.4 Å². The van der Waals surface area contributed by atoms with Crippen molar-refractivity contribution in [3.8, 4) is 0 Å². The van der Waals surface area contributed by atoms with Gasteiger partial charge in [-0.1, -0.05) is 13.8 Å². The van der Waals surface area contributed by atoms with Crippen LogP contribution in [0.2, 0.25) is 0 Å². The minimum Gasteiger partial charge on any atom is -0.302 e. The standard InChI is InChI=1S/C7H15NS/c1-3-8-4-5-9-7(2)6-8/h7H,3-6H2,1-2H3/t7-/m1/s1. The lowest BCUT2D eigenvalue weighted by Crippen LogP contribution is -2.36. The number of hydrogen-bond donors (Lipinski definition) is 0. The van der Waals surface area contributed by atoms with Crippen LogP contribution >= 0.6 is 11.8 Å². The van der Waals surface area contributed by atoms with Gasteiger partial charge in [0.2, 0.25) is 0 Å². The van der Waals surface area contributed by atoms with E-state index in [2.05, 4.69) is 30.5 Å². The lowest BCUT2D eigenvalue weighted by molar-refractivity contribution is 0.302. The van der Waals surface area contributed by atoms with Gasteiger partial charge >= 0.3 is 0 Å². The fourth-order valence-electron chi connectivity index (χ4n) is 1.18. The first-order chi connectivity index (χ1) is 4.33. The molecule has 0 aromatic heterocycles. The van der Waals surface area contributed by atoms with Crippen molar-refractivity contribution in [1.82, 2.24) is 4.90 Å². The normalized spacial score (nSPS) is 30.7. The number of nitrogens with zero attached hydrogens (tertiary/aromatic N) is 1. The van der Waals surface area contributed by atoms with Crippen LogP contribution in [0.25, 0.3) is 0 Å². The molecule has 0 amide bonds. The van der Waals surface area contributed by atoms with Crippen molar-refractivity contribution in [2.24, 2.45) is 0 Å². The molecule has 2 heteroatoms. The molecule has 1 aliphatic rings. The van der Waals surface area contributed by atoms with Crippen molar-refractivity contribution in [1.29, 1.82) is 0 Å². The molecule has 1 nitrogen and oxygen atoms in total. The van der Waals surface area contributed by atoms with Gasteiger partial charge in [-0.3, -0.25) is 0 Å². The molecule has 9 heavy (non-hydrogen) atoms. The Hall–Kier alpha value is 0.310. The summed E-state index contributed by atoms with van der Waals surface area (Å²) in [5, 5.41) is 0.860. The highest BCUT2D eigenvalue weighted by atomic mass is 32.2. The monoisotopic (exact) mass is 145 g/mol. The molecule has 1 aliphatic heterocycles. The quantitative estimate of drug-likeness (QED) is 0.549. The van der Waals surface area contributed by atoms with E-state index < -0.39 is 0 Å². The fraction of sp³-hybridized carbons (Fsp3) is 1.00. The first kappa shape index (κ1) is 7.42. The Bertz CT molecular complexity index is 85.0. The average Bonchev–Trinajstić information content (AvgIpc) is 1.88. The fourth-order valence-corrected chi connectivity index (χ4v) is 2.26. The predicted octanol–water partition coefficient (Wildman–Crippen LogP) is 1.44. The van der Waals surface area contributed by atoms with E-state index in [9.17, 15) is 0 Å². The van der Waals surface area contributed by atoms with Crippen LogP contribution < -0.4 is 0 Å². The zero-order chi connectivity index (χ0) is 6.69. The summed E-state index contributed by atoms with van der Waals surface area (Å²) >= 11 is 2.10. The Kier molecular flexibility index (Phi) is 2.86. The minimum absolute atomic E-state index is 0.860. The van der Waals surface area contributed by atoms with Crippen molar-refractivity contribution >= 4 is 11.8 Å². The summed E-state index contributed by atoms with van der Waals surface area (Å²) in [6, 6.07) is 0. The van der Waals surface area contributed by atoms with Crippen molar-refractivity contribution < 1.29 is 0 Å². The van der Waals surface area contributed by atoms with Gasteiger partial charge in [-0.15, -0.1) is 0 Å². The van der Waals surface area contributed by atoms with E-state index >= 15 is 0 Å². The molecule has 1 atom stereocenters. The summed E-state index contributed by atoms with van der Waals surface area (Å²) in [4.78, 5) is 2.52. The Balaban J connectivity index is 2.23. The van der Waals surface area contributed by atoms with E-state index in [-0.39, 0.29) is 0 Å². The number of hydrogen-bond acceptors (Lipinski definition) is 2. The zero-order valence-corrected chi connectivity index (χ0v) is 7.08. The molecule has 0 bridgehead atoms. The average molecular weight is 145 g/mol. The summed E-state index contributed by atoms with van der Waals surface area (Å²) in [6.45, 7) is 8.37. The SMILES string of the molecule is CCN1CCS[C@H](C)C1. The third kappa shape index (κ3) is 2.18. The van der Waals surface area contributed by atoms with Gasteiger partial charge in [0.25, 0.3) is 0 Å². The highest BCUT2D eigenvalue weighted by Crippen LogP contribution is 2.16. The molecule has 0 unspecified atom stereocenters. The number of rotatable bonds is 1. The van der Waals surface area contributed by atoms with E-state index in [0.717, 1.165) is 5.25 Å². The van der Waals surface area contributed by atoms with Gasteiger partial charge in [0.1, 0.15) is 0 Å². The largest absolute Gasteiger partial charge is 0.302 e. The Morgan fingerprint density at radius 2 is 2.44 bits per heavy atom. The molecule has 0 N–H and O–H groups in total. The maximum atomic E-state index is 2.52. The van der Waals surface area contributed by atoms with Gasteiger partial charge in [0, 0.05) is 24.1 Å². The molecule has 1 saturated heterocycles. The van der Waals surface area contributed by atoms with Gasteiger partial charge < -0.3 is 4.90 Å². The summed E-state index contributed by atoms with van der Waals surface area (Å²) < 4.78 is 0. The molecule has 1 heterocycles. The molecule has 1 rings (SSSR count). The van der Waals surface area contributed by atoms with Crippen molar-refractivity contribution in [3.05, 3.63) is 0 Å². The van der Waals surface area contributed by atoms with Crippen LogP contribution in [0, 0.1) is 0 Å². The summed E-state index contributed by atoms with van der Waals surface area (Å²) in [6.07, 6.45) is 0. The van der Waals surface area contributed by atoms with Gasteiger partial charge in [-0.2, -0.15) is 11.8 Å². The highest BCUT2D eigenvalue weighted by molar-refractivity contribution is 7.99. The van der Waals surface area contributed by atoms with Gasteiger partial charge in [-0.25, -0.2) is 0 Å². The van der Waals surface area contributed by atoms with Crippen LogP contribution in [0.1, 0.15) is 13.8 Å². The minimum atomic E-state index is 0.860. The third-order valence-corrected chi connectivity index (χ3v) is 2.91. The molecule has 0 aliphatic carbocycles. The number of thioether (sulfide) groups is 1. The van der Waals surface area contributed by atoms with Crippen molar-refractivity contribution in [3.63, 3.8) is 0 Å². The Labute approximate surface area is 61.8 Å². The topological polar surface area (TPSA) is 3.24 Å². The summed E-state index contributed by atoms with van der Waals surface area (Å²) in [5.74, 6) is 1.33. The van der Waals surface area contributed by atoms with Crippen molar-refractivity contribution in [2.75, 3.05) is 25.4 Å². The van der Waals surface area contributed by atoms with Crippen molar-refractivity contribution in [2.45, 2.75) is 19.1 Å². The maximum absolute atomic E-state index is 2.52. The van der Waals surface area contributed by atoms with Gasteiger partial charge in [-0.05, 0) is 6.54 Å². The molecule has 0 aromatic rings. The molecule has 0 radical (unpaired) electrons. The molecule has 0 aromatic carbocycles. The molecule has 0 saturated carbocycles. The van der Waals surface area contributed by atoms with E-state index in [0.29, 0.717) is 0 Å². The first-order valence-corrected chi connectivity index (χ1v) is 4.71. The second-order valence-electron chi connectivity index (χ2n) is 2.57. The van der Waals surface area contributed by atoms with Crippen LogP contribution in [-0.2, 0) is 0 Å². The summed E-state index contributed by atoms with van der Waals surface area (Å²) in [5.41, 5.74) is 0. The maximum Gasteiger partial charge on any atom is 0.0147 e. The van der Waals surface area contributed by atoms with Crippen LogP contribution in [0.4, 0.5) is 0 Å². The zero-order valence-electron chi connectivity index (χ0n) is 6.26. The van der Waals surface area contributed by atoms with E-state index in [1.807, 2.05) is 0 Å². The lowest BCUT2D eigenvalue weighted by Gasteiger charge is -2.29. The molecule has 0 spiro atoms. The van der Waals surface area contributed by atoms with Gasteiger partial charge in [0.15, 0.2) is 0 Å². The highest BCUT2D eigenvalue weighted by Gasteiger charge is 2.13. The van der Waals surface area contributed by atoms with Crippen LogP contribution in [0.3, 0.4) is 0 Å². The second-order valence-corrected chi connectivity index (χ2v) is 4.12. The predicted molar refractivity (Wildman–Crippen MR) is 44.0 cm³/mol. The van der Waals surface area contributed by atoms with E-state index in [4.69, 9.17) is 0 Å². The smallest absolute Gasteiger partial charge is 0.0147 e. The van der Waals surface area contributed by atoms with Gasteiger partial charge in [0.05, 0.1) is 0 Å². The lowest BCUT2D eigenvalue weighted by atomic mass is 10.4. The first-order valence-electron chi connectivity index (χ1n) is 3.67. The Morgan fingerprint density at radius 3 is 2.89 bits per heavy atom. The molecular formula is C7H15NS. The molecule has 1 fully saturated rings. The van der Waals surface area contributed by atoms with E-state index in [1.54, 1.807) is 0 Å². The van der Waals surface area contributed by atoms with Crippen LogP contribution in [0.5, 0.6) is 0 Å². The summed E-state index contributed by atoms with van der Waals surface area (Å²) in [7, 11) is 0. The molecule has 54 valence electrons. The molecular weight excluding hydrogens is 130 g/mol. The second kappa shape index (κ2) is 3.47. The Morgan fingerprint density at radius 1 is 1.67 bits per heavy atom. The van der Waals surface area contributed by atoms with Crippen LogP contribution in [0.15, 0.2) is 0 Å². The third-order valence-electron chi connectivity index (χ3n) is 1.77.